The number of nitrogens with zero attached hydrogens (tertiary/aromatic N) is 3. The first-order chi connectivity index (χ1) is 14.4. The van der Waals surface area contributed by atoms with E-state index in [-0.39, 0.29) is 24.9 Å². The maximum Gasteiger partial charge on any atom is 0.251 e. The minimum atomic E-state index is -0.219. The Labute approximate surface area is 180 Å². The van der Waals surface area contributed by atoms with Crippen molar-refractivity contribution in [1.29, 1.82) is 0 Å². The molecule has 2 aromatic carbocycles. The van der Waals surface area contributed by atoms with Gasteiger partial charge < -0.3 is 15.2 Å². The maximum absolute atomic E-state index is 12.4. The minimum Gasteiger partial charge on any atom is -0.345 e. The van der Waals surface area contributed by atoms with Crippen LogP contribution in [0.4, 0.5) is 5.69 Å². The molecule has 8 heteroatoms. The van der Waals surface area contributed by atoms with Gasteiger partial charge in [-0.25, -0.2) is 4.68 Å². The van der Waals surface area contributed by atoms with Gasteiger partial charge in [-0.2, -0.15) is 5.10 Å². The predicted molar refractivity (Wildman–Crippen MR) is 119 cm³/mol. The first kappa shape index (κ1) is 21.4. The molecule has 7 nitrogen and oxygen atoms in total. The third kappa shape index (κ3) is 5.01. The maximum atomic E-state index is 12.4. The molecule has 0 aliphatic heterocycles. The lowest BCUT2D eigenvalue weighted by atomic mass is 10.1. The Morgan fingerprint density at radius 1 is 1.10 bits per heavy atom. The minimum absolute atomic E-state index is 0.00601. The monoisotopic (exact) mass is 423 g/mol. The Balaban J connectivity index is 1.64. The summed E-state index contributed by atoms with van der Waals surface area (Å²) >= 11 is 5.39. The number of carbonyl (C=O) groups excluding carboxylic acids is 2. The second-order valence-electron chi connectivity index (χ2n) is 7.01. The fraction of sp³-hybridized carbons (Fsp3) is 0.273. The molecule has 0 aliphatic carbocycles. The van der Waals surface area contributed by atoms with Crippen LogP contribution in [-0.2, 0) is 31.4 Å². The molecule has 30 heavy (non-hydrogen) atoms. The number of benzene rings is 2. The normalized spacial score (nSPS) is 10.6. The smallest absolute Gasteiger partial charge is 0.251 e. The van der Waals surface area contributed by atoms with E-state index in [4.69, 9.17) is 12.2 Å². The lowest BCUT2D eigenvalue weighted by Crippen LogP contribution is -2.25. The molecule has 0 fully saturated rings. The van der Waals surface area contributed by atoms with E-state index in [0.717, 1.165) is 17.7 Å². The molecule has 0 atom stereocenters. The van der Waals surface area contributed by atoms with Gasteiger partial charge in [0, 0.05) is 18.3 Å². The number of rotatable bonds is 7. The summed E-state index contributed by atoms with van der Waals surface area (Å²) in [5.41, 5.74) is 3.45. The molecule has 3 aromatic rings. The number of hydrogen-bond acceptors (Lipinski definition) is 4. The quantitative estimate of drug-likeness (QED) is 0.571. The van der Waals surface area contributed by atoms with Gasteiger partial charge in [0.1, 0.15) is 6.54 Å². The topological polar surface area (TPSA) is 81.0 Å². The highest BCUT2D eigenvalue weighted by atomic mass is 32.1. The lowest BCUT2D eigenvalue weighted by Gasteiger charge is -2.07. The van der Waals surface area contributed by atoms with Crippen LogP contribution in [-0.4, -0.2) is 26.2 Å². The van der Waals surface area contributed by atoms with Gasteiger partial charge in [0.25, 0.3) is 5.91 Å². The SMILES string of the molecule is CCc1ccc(NC(=O)Cn2nc(CNC(=O)c3ccccc3C)n(C)c2=S)cc1. The molecule has 0 saturated heterocycles. The fourth-order valence-electron chi connectivity index (χ4n) is 3.03. The van der Waals surface area contributed by atoms with Crippen molar-refractivity contribution >= 4 is 29.7 Å². The van der Waals surface area contributed by atoms with Gasteiger partial charge in [0.15, 0.2) is 10.6 Å². The highest BCUT2D eigenvalue weighted by Gasteiger charge is 2.13. The zero-order valence-electron chi connectivity index (χ0n) is 17.3. The molecule has 0 bridgehead atoms. The summed E-state index contributed by atoms with van der Waals surface area (Å²) in [7, 11) is 1.77. The van der Waals surface area contributed by atoms with Crippen molar-refractivity contribution < 1.29 is 9.59 Å². The first-order valence-electron chi connectivity index (χ1n) is 9.74. The Morgan fingerprint density at radius 2 is 1.80 bits per heavy atom. The summed E-state index contributed by atoms with van der Waals surface area (Å²) in [5, 5.41) is 10.1. The molecule has 0 radical (unpaired) electrons. The van der Waals surface area contributed by atoms with Crippen molar-refractivity contribution in [2.24, 2.45) is 7.05 Å². The standard InChI is InChI=1S/C22H25N5O2S/c1-4-16-9-11-17(12-10-16)24-20(28)14-27-22(30)26(3)19(25-27)13-23-21(29)18-8-6-5-7-15(18)2/h5-12H,4,13-14H2,1-3H3,(H,23,29)(H,24,28). The van der Waals surface area contributed by atoms with Crippen LogP contribution >= 0.6 is 12.2 Å². The third-order valence-electron chi connectivity index (χ3n) is 4.87. The van der Waals surface area contributed by atoms with Crippen LogP contribution in [0.5, 0.6) is 0 Å². The number of aryl methyl sites for hydroxylation is 2. The van der Waals surface area contributed by atoms with Gasteiger partial charge >= 0.3 is 0 Å². The van der Waals surface area contributed by atoms with E-state index in [2.05, 4.69) is 22.7 Å². The zero-order chi connectivity index (χ0) is 21.7. The lowest BCUT2D eigenvalue weighted by molar-refractivity contribution is -0.116. The van der Waals surface area contributed by atoms with Crippen LogP contribution in [0, 0.1) is 11.7 Å². The summed E-state index contributed by atoms with van der Waals surface area (Å²) in [4.78, 5) is 24.8. The molecule has 1 heterocycles. The van der Waals surface area contributed by atoms with E-state index in [1.54, 1.807) is 17.7 Å². The molecule has 156 valence electrons. The van der Waals surface area contributed by atoms with Crippen molar-refractivity contribution in [2.75, 3.05) is 5.32 Å². The van der Waals surface area contributed by atoms with Gasteiger partial charge in [0.2, 0.25) is 5.91 Å². The highest BCUT2D eigenvalue weighted by molar-refractivity contribution is 7.71. The first-order valence-corrected chi connectivity index (χ1v) is 10.1. The Kier molecular flexibility index (Phi) is 6.79. The fourth-order valence-corrected chi connectivity index (χ4v) is 3.24. The Bertz CT molecular complexity index is 1120. The molecule has 0 spiro atoms. The summed E-state index contributed by atoms with van der Waals surface area (Å²) in [6, 6.07) is 15.1. The van der Waals surface area contributed by atoms with Gasteiger partial charge in [-0.3, -0.25) is 9.59 Å². The van der Waals surface area contributed by atoms with Gasteiger partial charge in [-0.1, -0.05) is 37.3 Å². The zero-order valence-corrected chi connectivity index (χ0v) is 18.1. The van der Waals surface area contributed by atoms with Crippen molar-refractivity contribution in [3.63, 3.8) is 0 Å². The van der Waals surface area contributed by atoms with Gasteiger partial charge in [-0.15, -0.1) is 0 Å². The van der Waals surface area contributed by atoms with Crippen LogP contribution in [0.2, 0.25) is 0 Å². The van der Waals surface area contributed by atoms with Crippen LogP contribution in [0.1, 0.15) is 34.2 Å². The van der Waals surface area contributed by atoms with Gasteiger partial charge in [0.05, 0.1) is 6.54 Å². The van der Waals surface area contributed by atoms with E-state index >= 15 is 0 Å². The average molecular weight is 424 g/mol. The predicted octanol–water partition coefficient (Wildman–Crippen LogP) is 3.39. The Hall–Kier alpha value is -3.26. The third-order valence-corrected chi connectivity index (χ3v) is 5.35. The van der Waals surface area contributed by atoms with Crippen molar-refractivity contribution in [1.82, 2.24) is 19.7 Å². The van der Waals surface area contributed by atoms with E-state index in [1.807, 2.05) is 49.4 Å². The van der Waals surface area contributed by atoms with Crippen molar-refractivity contribution in [2.45, 2.75) is 33.4 Å². The molecule has 3 rings (SSSR count). The summed E-state index contributed by atoms with van der Waals surface area (Å²) in [5.74, 6) is 0.174. The van der Waals surface area contributed by atoms with E-state index in [1.165, 1.54) is 10.2 Å². The molecular formula is C22H25N5O2S. The molecule has 1 aromatic heterocycles. The summed E-state index contributed by atoms with van der Waals surface area (Å²) in [6.07, 6.45) is 0.945. The number of nitrogens with one attached hydrogen (secondary N) is 2. The molecule has 0 aliphatic rings. The molecule has 0 saturated carbocycles. The molecule has 2 N–H and O–H groups in total. The van der Waals surface area contributed by atoms with Crippen LogP contribution in [0.3, 0.4) is 0 Å². The molecular weight excluding hydrogens is 398 g/mol. The van der Waals surface area contributed by atoms with Crippen LogP contribution < -0.4 is 10.6 Å². The average Bonchev–Trinajstić information content (AvgIpc) is 3.00. The molecule has 0 unspecified atom stereocenters. The van der Waals surface area contributed by atoms with Gasteiger partial charge in [-0.05, 0) is 54.9 Å². The summed E-state index contributed by atoms with van der Waals surface area (Å²) in [6.45, 7) is 4.17. The number of carbonyl (C=O) groups is 2. The highest BCUT2D eigenvalue weighted by Crippen LogP contribution is 2.11. The number of aromatic nitrogens is 3. The van der Waals surface area contributed by atoms with E-state index in [0.29, 0.717) is 16.2 Å². The van der Waals surface area contributed by atoms with Crippen molar-refractivity contribution in [3.05, 3.63) is 75.8 Å². The van der Waals surface area contributed by atoms with Crippen LogP contribution in [0.25, 0.3) is 0 Å². The van der Waals surface area contributed by atoms with E-state index in [9.17, 15) is 9.59 Å². The Morgan fingerprint density at radius 3 is 2.47 bits per heavy atom. The largest absolute Gasteiger partial charge is 0.345 e. The summed E-state index contributed by atoms with van der Waals surface area (Å²) < 4.78 is 3.56. The number of hydrogen-bond donors (Lipinski definition) is 2. The second kappa shape index (κ2) is 9.49. The second-order valence-corrected chi connectivity index (χ2v) is 7.38. The number of amides is 2. The molecule has 2 amide bonds. The number of anilines is 1. The van der Waals surface area contributed by atoms with Crippen LogP contribution in [0.15, 0.2) is 48.5 Å². The van der Waals surface area contributed by atoms with Crippen molar-refractivity contribution in [3.8, 4) is 0 Å². The van der Waals surface area contributed by atoms with E-state index < -0.39 is 0 Å².